The van der Waals surface area contributed by atoms with Crippen LogP contribution in [-0.4, -0.2) is 31.7 Å². The highest BCUT2D eigenvalue weighted by Gasteiger charge is 2.25. The minimum absolute atomic E-state index is 0.0358. The summed E-state index contributed by atoms with van der Waals surface area (Å²) in [6.07, 6.45) is 2.00. The number of nitrogens with zero attached hydrogens (tertiary/aromatic N) is 1. The second-order valence-electron chi connectivity index (χ2n) is 7.82. The molecule has 1 aliphatic carbocycles. The fourth-order valence-corrected chi connectivity index (χ4v) is 5.43. The Hall–Kier alpha value is -2.41. The monoisotopic (exact) mass is 442 g/mol. The Morgan fingerprint density at radius 3 is 2.47 bits per heavy atom. The van der Waals surface area contributed by atoms with Gasteiger partial charge in [0.2, 0.25) is 10.0 Å². The Bertz CT molecular complexity index is 1260. The minimum atomic E-state index is -3.73. The van der Waals surface area contributed by atoms with Crippen LogP contribution in [0.1, 0.15) is 35.3 Å². The normalized spacial score (nSPS) is 13.4. The zero-order valence-corrected chi connectivity index (χ0v) is 18.6. The van der Waals surface area contributed by atoms with Crippen molar-refractivity contribution in [2.24, 2.45) is 0 Å². The van der Waals surface area contributed by atoms with Crippen LogP contribution in [0, 0.1) is 0 Å². The average Bonchev–Trinajstić information content (AvgIpc) is 3.14. The summed E-state index contributed by atoms with van der Waals surface area (Å²) < 4.78 is 26.9. The molecule has 0 saturated carbocycles. The SMILES string of the molecule is CC(C)N(C)S(=O)(=O)c1ccc(Cl)c(C(=O)Nc2ccc3c4c(cccc24)CC3)c1. The van der Waals surface area contributed by atoms with E-state index in [0.717, 1.165) is 18.2 Å². The summed E-state index contributed by atoms with van der Waals surface area (Å²) in [5.41, 5.74) is 3.37. The summed E-state index contributed by atoms with van der Waals surface area (Å²) in [6.45, 7) is 3.58. The van der Waals surface area contributed by atoms with Crippen molar-refractivity contribution < 1.29 is 13.2 Å². The number of sulfonamides is 1. The first-order valence-electron chi connectivity index (χ1n) is 9.82. The van der Waals surface area contributed by atoms with E-state index in [0.29, 0.717) is 5.69 Å². The van der Waals surface area contributed by atoms with Crippen LogP contribution in [-0.2, 0) is 22.9 Å². The number of halogens is 1. The second kappa shape index (κ2) is 7.69. The topological polar surface area (TPSA) is 66.5 Å². The molecule has 4 rings (SSSR count). The van der Waals surface area contributed by atoms with Gasteiger partial charge in [-0.15, -0.1) is 0 Å². The first-order valence-corrected chi connectivity index (χ1v) is 11.6. The number of carbonyl (C=O) groups excluding carboxylic acids is 1. The van der Waals surface area contributed by atoms with Crippen LogP contribution >= 0.6 is 11.6 Å². The molecule has 30 heavy (non-hydrogen) atoms. The van der Waals surface area contributed by atoms with Crippen LogP contribution in [0.5, 0.6) is 0 Å². The van der Waals surface area contributed by atoms with Gasteiger partial charge in [-0.05, 0) is 67.5 Å². The third kappa shape index (κ3) is 3.49. The van der Waals surface area contributed by atoms with E-state index in [9.17, 15) is 13.2 Å². The largest absolute Gasteiger partial charge is 0.321 e. The highest BCUT2D eigenvalue weighted by atomic mass is 35.5. The molecule has 0 bridgehead atoms. The average molecular weight is 443 g/mol. The van der Waals surface area contributed by atoms with Crippen LogP contribution < -0.4 is 5.32 Å². The van der Waals surface area contributed by atoms with Crippen LogP contribution in [0.4, 0.5) is 5.69 Å². The fraction of sp³-hybridized carbons (Fsp3) is 0.261. The number of anilines is 1. The number of aryl methyl sites for hydroxylation is 2. The summed E-state index contributed by atoms with van der Waals surface area (Å²) in [6, 6.07) is 14.0. The molecule has 0 aliphatic heterocycles. The molecule has 0 saturated heterocycles. The van der Waals surface area contributed by atoms with Crippen molar-refractivity contribution in [1.82, 2.24) is 4.31 Å². The molecule has 0 fully saturated rings. The van der Waals surface area contributed by atoms with E-state index in [2.05, 4.69) is 11.4 Å². The van der Waals surface area contributed by atoms with E-state index >= 15 is 0 Å². The fourth-order valence-electron chi connectivity index (χ4n) is 3.83. The highest BCUT2D eigenvalue weighted by Crippen LogP contribution is 2.35. The van der Waals surface area contributed by atoms with Crippen molar-refractivity contribution in [3.63, 3.8) is 0 Å². The summed E-state index contributed by atoms with van der Waals surface area (Å²) in [5.74, 6) is -0.442. The quantitative estimate of drug-likeness (QED) is 0.612. The molecule has 1 N–H and O–H groups in total. The van der Waals surface area contributed by atoms with Gasteiger partial charge in [-0.2, -0.15) is 4.31 Å². The molecular weight excluding hydrogens is 420 g/mol. The molecule has 0 heterocycles. The summed E-state index contributed by atoms with van der Waals surface area (Å²) in [4.78, 5) is 13.1. The summed E-state index contributed by atoms with van der Waals surface area (Å²) >= 11 is 6.26. The Balaban J connectivity index is 1.71. The van der Waals surface area contributed by atoms with E-state index in [-0.39, 0.29) is 21.5 Å². The van der Waals surface area contributed by atoms with Crippen molar-refractivity contribution in [2.75, 3.05) is 12.4 Å². The van der Waals surface area contributed by atoms with Gasteiger partial charge in [0.1, 0.15) is 0 Å². The number of nitrogens with one attached hydrogen (secondary N) is 1. The maximum Gasteiger partial charge on any atom is 0.257 e. The van der Waals surface area contributed by atoms with Crippen LogP contribution in [0.2, 0.25) is 5.02 Å². The maximum absolute atomic E-state index is 13.0. The van der Waals surface area contributed by atoms with Gasteiger partial charge in [0.25, 0.3) is 5.91 Å². The standard InChI is InChI=1S/C23H23ClN2O3S/c1-14(2)26(3)30(28,29)17-10-11-20(24)19(13-17)23(27)25-21-12-9-16-8-7-15-5-4-6-18(21)22(15)16/h4-6,9-14H,7-8H2,1-3H3,(H,25,27). The van der Waals surface area contributed by atoms with Gasteiger partial charge >= 0.3 is 0 Å². The molecular formula is C23H23ClN2O3S. The lowest BCUT2D eigenvalue weighted by molar-refractivity contribution is 0.102. The predicted molar refractivity (Wildman–Crippen MR) is 121 cm³/mol. The molecule has 7 heteroatoms. The first kappa shape index (κ1) is 20.8. The molecule has 0 aromatic heterocycles. The Kier molecular flexibility index (Phi) is 5.34. The lowest BCUT2D eigenvalue weighted by Gasteiger charge is -2.21. The van der Waals surface area contributed by atoms with Gasteiger partial charge in [-0.25, -0.2) is 8.42 Å². The van der Waals surface area contributed by atoms with E-state index in [1.807, 2.05) is 24.3 Å². The molecule has 0 unspecified atom stereocenters. The van der Waals surface area contributed by atoms with Gasteiger partial charge in [0, 0.05) is 24.2 Å². The lowest BCUT2D eigenvalue weighted by Crippen LogP contribution is -2.33. The van der Waals surface area contributed by atoms with Crippen LogP contribution in [0.25, 0.3) is 10.8 Å². The van der Waals surface area contributed by atoms with Crippen LogP contribution in [0.15, 0.2) is 53.4 Å². The molecule has 0 spiro atoms. The third-order valence-electron chi connectivity index (χ3n) is 5.71. The number of benzene rings is 3. The van der Waals surface area contributed by atoms with Crippen molar-refractivity contribution in [1.29, 1.82) is 0 Å². The number of hydrogen-bond donors (Lipinski definition) is 1. The number of carbonyl (C=O) groups is 1. The van der Waals surface area contributed by atoms with Crippen molar-refractivity contribution in [3.8, 4) is 0 Å². The molecule has 1 aliphatic rings. The van der Waals surface area contributed by atoms with Crippen molar-refractivity contribution in [3.05, 3.63) is 70.2 Å². The van der Waals surface area contributed by atoms with Gasteiger partial charge in [-0.3, -0.25) is 4.79 Å². The number of rotatable bonds is 5. The Labute approximate surface area is 181 Å². The minimum Gasteiger partial charge on any atom is -0.321 e. The van der Waals surface area contributed by atoms with E-state index in [1.54, 1.807) is 13.8 Å². The van der Waals surface area contributed by atoms with Gasteiger partial charge in [-0.1, -0.05) is 35.9 Å². The van der Waals surface area contributed by atoms with E-state index in [4.69, 9.17) is 11.6 Å². The maximum atomic E-state index is 13.0. The molecule has 3 aromatic carbocycles. The second-order valence-corrected chi connectivity index (χ2v) is 10.2. The van der Waals surface area contributed by atoms with Gasteiger partial charge < -0.3 is 5.32 Å². The predicted octanol–water partition coefficient (Wildman–Crippen LogP) is 4.87. The lowest BCUT2D eigenvalue weighted by atomic mass is 10.0. The zero-order chi connectivity index (χ0) is 21.6. The van der Waals surface area contributed by atoms with Crippen LogP contribution in [0.3, 0.4) is 0 Å². The van der Waals surface area contributed by atoms with Gasteiger partial charge in [0.15, 0.2) is 0 Å². The molecule has 156 valence electrons. The smallest absolute Gasteiger partial charge is 0.257 e. The third-order valence-corrected chi connectivity index (χ3v) is 8.07. The first-order chi connectivity index (χ1) is 14.2. The summed E-state index contributed by atoms with van der Waals surface area (Å²) in [5, 5.41) is 5.29. The van der Waals surface area contributed by atoms with Gasteiger partial charge in [0.05, 0.1) is 15.5 Å². The summed E-state index contributed by atoms with van der Waals surface area (Å²) in [7, 11) is -2.21. The van der Waals surface area contributed by atoms with E-state index < -0.39 is 15.9 Å². The number of amides is 1. The number of hydrogen-bond acceptors (Lipinski definition) is 3. The molecule has 0 radical (unpaired) electrons. The molecule has 3 aromatic rings. The molecule has 1 amide bonds. The Morgan fingerprint density at radius 2 is 1.77 bits per heavy atom. The zero-order valence-electron chi connectivity index (χ0n) is 17.1. The van der Waals surface area contributed by atoms with E-state index in [1.165, 1.54) is 46.1 Å². The van der Waals surface area contributed by atoms with Crippen molar-refractivity contribution >= 4 is 44.0 Å². The Morgan fingerprint density at radius 1 is 1.07 bits per heavy atom. The molecule has 0 atom stereocenters. The molecule has 5 nitrogen and oxygen atoms in total. The highest BCUT2D eigenvalue weighted by molar-refractivity contribution is 7.89. The van der Waals surface area contributed by atoms with Crippen molar-refractivity contribution in [2.45, 2.75) is 37.6 Å².